The highest BCUT2D eigenvalue weighted by molar-refractivity contribution is 6.35. The molecule has 1 aromatic heterocycles. The normalized spacial score (nSPS) is 11.9. The van der Waals surface area contributed by atoms with Gasteiger partial charge in [0.05, 0.1) is 5.02 Å². The van der Waals surface area contributed by atoms with Crippen LogP contribution in [-0.2, 0) is 4.79 Å². The van der Waals surface area contributed by atoms with Gasteiger partial charge in [0.25, 0.3) is 0 Å². The Morgan fingerprint density at radius 3 is 2.48 bits per heavy atom. The average molecular weight is 347 g/mol. The van der Waals surface area contributed by atoms with Crippen LogP contribution in [0.4, 0.5) is 0 Å². The van der Waals surface area contributed by atoms with E-state index in [1.165, 1.54) is 0 Å². The fourth-order valence-corrected chi connectivity index (χ4v) is 2.86. The zero-order chi connectivity index (χ0) is 16.6. The SMILES string of the molecule is C/C(=C/C(=O)O)c1oc2c(Cl)cccc2c1-c1ccc(Cl)cc1. The standard InChI is InChI=1S/C18H12Cl2O3/c1-10(9-15(21)22)17-16(11-5-7-12(19)8-6-11)13-3-2-4-14(20)18(13)23-17/h2-9H,1H3,(H,21,22)/b10-9-. The predicted molar refractivity (Wildman–Crippen MR) is 93.0 cm³/mol. The Balaban J connectivity index is 2.35. The summed E-state index contributed by atoms with van der Waals surface area (Å²) in [4.78, 5) is 11.0. The lowest BCUT2D eigenvalue weighted by Crippen LogP contribution is -1.90. The van der Waals surface area contributed by atoms with Gasteiger partial charge in [0.2, 0.25) is 0 Å². The molecule has 3 aromatic rings. The molecule has 0 saturated heterocycles. The maximum Gasteiger partial charge on any atom is 0.328 e. The van der Waals surface area contributed by atoms with Crippen molar-refractivity contribution in [3.8, 4) is 11.1 Å². The van der Waals surface area contributed by atoms with Crippen LogP contribution < -0.4 is 0 Å². The van der Waals surface area contributed by atoms with Gasteiger partial charge >= 0.3 is 5.97 Å². The lowest BCUT2D eigenvalue weighted by atomic mass is 9.99. The molecule has 0 unspecified atom stereocenters. The molecular formula is C18H12Cl2O3. The van der Waals surface area contributed by atoms with Crippen LogP contribution in [0.5, 0.6) is 0 Å². The molecule has 0 saturated carbocycles. The molecule has 1 heterocycles. The second-order valence-corrected chi connectivity index (χ2v) is 5.94. The minimum absolute atomic E-state index is 0.479. The summed E-state index contributed by atoms with van der Waals surface area (Å²) in [5.41, 5.74) is 2.72. The Hall–Kier alpha value is -2.23. The number of aliphatic carboxylic acids is 1. The third kappa shape index (κ3) is 2.98. The number of hydrogen-bond acceptors (Lipinski definition) is 2. The van der Waals surface area contributed by atoms with E-state index in [9.17, 15) is 4.79 Å². The molecule has 0 bridgehead atoms. The highest BCUT2D eigenvalue weighted by Gasteiger charge is 2.19. The monoisotopic (exact) mass is 346 g/mol. The van der Waals surface area contributed by atoms with Crippen LogP contribution in [0.3, 0.4) is 0 Å². The molecule has 0 spiro atoms. The van der Waals surface area contributed by atoms with Crippen molar-refractivity contribution >= 4 is 45.7 Å². The largest absolute Gasteiger partial charge is 0.478 e. The average Bonchev–Trinajstić information content (AvgIpc) is 2.88. The van der Waals surface area contributed by atoms with E-state index < -0.39 is 5.97 Å². The van der Waals surface area contributed by atoms with Crippen molar-refractivity contribution in [2.45, 2.75) is 6.92 Å². The van der Waals surface area contributed by atoms with Gasteiger partial charge in [-0.3, -0.25) is 0 Å². The van der Waals surface area contributed by atoms with Crippen molar-refractivity contribution in [1.82, 2.24) is 0 Å². The topological polar surface area (TPSA) is 50.4 Å². The van der Waals surface area contributed by atoms with Crippen molar-refractivity contribution in [3.05, 3.63) is 64.3 Å². The Morgan fingerprint density at radius 1 is 1.13 bits per heavy atom. The minimum atomic E-state index is -1.03. The van der Waals surface area contributed by atoms with Crippen LogP contribution in [0, 0.1) is 0 Å². The second-order valence-electron chi connectivity index (χ2n) is 5.10. The molecule has 0 fully saturated rings. The molecule has 23 heavy (non-hydrogen) atoms. The first-order valence-electron chi connectivity index (χ1n) is 6.86. The van der Waals surface area contributed by atoms with E-state index in [0.717, 1.165) is 22.6 Å². The third-order valence-electron chi connectivity index (χ3n) is 3.50. The molecule has 2 aromatic carbocycles. The number of fused-ring (bicyclic) bond motifs is 1. The van der Waals surface area contributed by atoms with Gasteiger partial charge in [-0.05, 0) is 36.3 Å². The first kappa shape index (κ1) is 15.7. The summed E-state index contributed by atoms with van der Waals surface area (Å²) in [5.74, 6) is -0.547. The minimum Gasteiger partial charge on any atom is -0.478 e. The van der Waals surface area contributed by atoms with Crippen molar-refractivity contribution in [2.75, 3.05) is 0 Å². The molecular weight excluding hydrogens is 335 g/mol. The van der Waals surface area contributed by atoms with Crippen molar-refractivity contribution < 1.29 is 14.3 Å². The number of benzene rings is 2. The van der Waals surface area contributed by atoms with Crippen molar-refractivity contribution in [2.24, 2.45) is 0 Å². The van der Waals surface area contributed by atoms with Gasteiger partial charge in [-0.15, -0.1) is 0 Å². The van der Waals surface area contributed by atoms with Crippen molar-refractivity contribution in [1.29, 1.82) is 0 Å². The van der Waals surface area contributed by atoms with E-state index >= 15 is 0 Å². The number of carboxylic acids is 1. The van der Waals surface area contributed by atoms with Crippen LogP contribution in [-0.4, -0.2) is 11.1 Å². The first-order chi connectivity index (χ1) is 11.0. The maximum atomic E-state index is 11.0. The van der Waals surface area contributed by atoms with Crippen LogP contribution >= 0.6 is 23.2 Å². The van der Waals surface area contributed by atoms with Gasteiger partial charge in [0, 0.05) is 22.0 Å². The summed E-state index contributed by atoms with van der Waals surface area (Å²) >= 11 is 12.2. The van der Waals surface area contributed by atoms with Crippen molar-refractivity contribution in [3.63, 3.8) is 0 Å². The van der Waals surface area contributed by atoms with Gasteiger partial charge in [-0.25, -0.2) is 4.79 Å². The van der Waals surface area contributed by atoms with Crippen LogP contribution in [0.15, 0.2) is 53.0 Å². The van der Waals surface area contributed by atoms with Gasteiger partial charge in [0.1, 0.15) is 5.76 Å². The Bertz CT molecular complexity index is 921. The van der Waals surface area contributed by atoms with Gasteiger partial charge in [-0.1, -0.05) is 47.5 Å². The fourth-order valence-electron chi connectivity index (χ4n) is 2.52. The molecule has 0 radical (unpaired) electrons. The second kappa shape index (κ2) is 6.11. The van der Waals surface area contributed by atoms with Crippen LogP contribution in [0.2, 0.25) is 10.0 Å². The van der Waals surface area contributed by atoms with Crippen LogP contribution in [0.1, 0.15) is 12.7 Å². The first-order valence-corrected chi connectivity index (χ1v) is 7.61. The summed E-state index contributed by atoms with van der Waals surface area (Å²) in [5, 5.41) is 10.9. The molecule has 0 amide bonds. The summed E-state index contributed by atoms with van der Waals surface area (Å²) < 4.78 is 5.88. The Morgan fingerprint density at radius 2 is 1.83 bits per heavy atom. The highest BCUT2D eigenvalue weighted by atomic mass is 35.5. The zero-order valence-electron chi connectivity index (χ0n) is 12.1. The third-order valence-corrected chi connectivity index (χ3v) is 4.05. The van der Waals surface area contributed by atoms with Gasteiger partial charge in [0.15, 0.2) is 5.58 Å². The van der Waals surface area contributed by atoms with Crippen LogP contribution in [0.25, 0.3) is 27.7 Å². The number of rotatable bonds is 3. The highest BCUT2D eigenvalue weighted by Crippen LogP contribution is 2.41. The summed E-state index contributed by atoms with van der Waals surface area (Å²) in [6.07, 6.45) is 1.12. The van der Waals surface area contributed by atoms with E-state index in [-0.39, 0.29) is 0 Å². The molecule has 3 nitrogen and oxygen atoms in total. The Kier molecular flexibility index (Phi) is 4.16. The van der Waals surface area contributed by atoms with Gasteiger partial charge in [-0.2, -0.15) is 0 Å². The van der Waals surface area contributed by atoms with E-state index in [1.54, 1.807) is 25.1 Å². The number of carboxylic acid groups (broad SMARTS) is 1. The molecule has 3 rings (SSSR count). The molecule has 0 atom stereocenters. The smallest absolute Gasteiger partial charge is 0.328 e. The van der Waals surface area contributed by atoms with E-state index in [2.05, 4.69) is 0 Å². The summed E-state index contributed by atoms with van der Waals surface area (Å²) in [7, 11) is 0. The quantitative estimate of drug-likeness (QED) is 0.601. The number of furan rings is 1. The van der Waals surface area contributed by atoms with E-state index in [0.29, 0.717) is 27.0 Å². The molecule has 0 aliphatic carbocycles. The summed E-state index contributed by atoms with van der Waals surface area (Å²) in [6.45, 7) is 1.69. The van der Waals surface area contributed by atoms with E-state index in [1.807, 2.05) is 24.3 Å². The number of carbonyl (C=O) groups is 1. The number of allylic oxidation sites excluding steroid dienone is 1. The molecule has 0 aliphatic heterocycles. The molecule has 116 valence electrons. The zero-order valence-corrected chi connectivity index (χ0v) is 13.7. The molecule has 5 heteroatoms. The number of halogens is 2. The number of para-hydroxylation sites is 1. The lowest BCUT2D eigenvalue weighted by Gasteiger charge is -2.04. The fraction of sp³-hybridized carbons (Fsp3) is 0.0556. The summed E-state index contributed by atoms with van der Waals surface area (Å²) in [6, 6.07) is 12.8. The lowest BCUT2D eigenvalue weighted by molar-refractivity contribution is -0.131. The molecule has 1 N–H and O–H groups in total. The predicted octanol–water partition coefficient (Wildman–Crippen LogP) is 5.89. The Labute approximate surface area is 142 Å². The maximum absolute atomic E-state index is 11.0. The van der Waals surface area contributed by atoms with Gasteiger partial charge < -0.3 is 9.52 Å². The number of hydrogen-bond donors (Lipinski definition) is 1. The van der Waals surface area contributed by atoms with E-state index in [4.69, 9.17) is 32.7 Å². The molecule has 0 aliphatic rings.